The zero-order valence-electron chi connectivity index (χ0n) is 35.3. The van der Waals surface area contributed by atoms with Gasteiger partial charge in [-0.2, -0.15) is 0 Å². The molecule has 4 heteroatoms. The van der Waals surface area contributed by atoms with Gasteiger partial charge in [0, 0.05) is 32.9 Å². The molecule has 13 rings (SSSR count). The molecule has 1 aliphatic carbocycles. The highest BCUT2D eigenvalue weighted by atomic mass is 16.3. The Kier molecular flexibility index (Phi) is 7.92. The van der Waals surface area contributed by atoms with Crippen LogP contribution in [0.15, 0.2) is 205 Å². The molecule has 10 aromatic carbocycles. The molecular formula is C60H39N3O. The fourth-order valence-corrected chi connectivity index (χ4v) is 10.4. The van der Waals surface area contributed by atoms with Gasteiger partial charge in [0.2, 0.25) is 0 Å². The summed E-state index contributed by atoms with van der Waals surface area (Å²) in [5, 5.41) is 9.70. The predicted molar refractivity (Wildman–Crippen MR) is 264 cm³/mol. The second kappa shape index (κ2) is 13.9. The molecule has 300 valence electrons. The Morgan fingerprint density at radius 1 is 0.312 bits per heavy atom. The number of rotatable bonds is 5. The zero-order chi connectivity index (χ0) is 42.5. The molecule has 0 N–H and O–H groups in total. The molecule has 0 saturated heterocycles. The van der Waals surface area contributed by atoms with Gasteiger partial charge >= 0.3 is 0 Å². The van der Waals surface area contributed by atoms with Crippen LogP contribution >= 0.6 is 0 Å². The molecule has 1 aliphatic rings. The first kappa shape index (κ1) is 36.4. The summed E-state index contributed by atoms with van der Waals surface area (Å²) in [6, 6.07) is 71.4. The van der Waals surface area contributed by atoms with Crippen LogP contribution < -0.4 is 0 Å². The lowest BCUT2D eigenvalue weighted by Crippen LogP contribution is -2.15. The Hall–Kier alpha value is -8.21. The van der Waals surface area contributed by atoms with Gasteiger partial charge in [-0.15, -0.1) is 0 Å². The highest BCUT2D eigenvalue weighted by Gasteiger charge is 2.35. The minimum absolute atomic E-state index is 0.157. The van der Waals surface area contributed by atoms with Gasteiger partial charge in [-0.05, 0) is 107 Å². The van der Waals surface area contributed by atoms with Crippen LogP contribution in [0.1, 0.15) is 25.0 Å². The van der Waals surface area contributed by atoms with Crippen LogP contribution in [0, 0.1) is 0 Å². The summed E-state index contributed by atoms with van der Waals surface area (Å²) in [5.74, 6) is 1.89. The van der Waals surface area contributed by atoms with Gasteiger partial charge in [0.05, 0.1) is 0 Å². The summed E-state index contributed by atoms with van der Waals surface area (Å²) in [6.45, 7) is 4.61. The van der Waals surface area contributed by atoms with Crippen LogP contribution in [0.2, 0.25) is 0 Å². The lowest BCUT2D eigenvalue weighted by molar-refractivity contribution is 0.660. The quantitative estimate of drug-likeness (QED) is 0.162. The highest BCUT2D eigenvalue weighted by molar-refractivity contribution is 6.26. The number of fused-ring (bicyclic) bond motifs is 12. The van der Waals surface area contributed by atoms with E-state index in [-0.39, 0.29) is 5.41 Å². The smallest absolute Gasteiger partial charge is 0.164 e. The third kappa shape index (κ3) is 5.52. The number of hydrogen-bond donors (Lipinski definition) is 0. The van der Waals surface area contributed by atoms with Crippen LogP contribution in [0.5, 0.6) is 0 Å². The predicted octanol–water partition coefficient (Wildman–Crippen LogP) is 15.9. The van der Waals surface area contributed by atoms with Crippen molar-refractivity contribution in [3.63, 3.8) is 0 Å². The van der Waals surface area contributed by atoms with Gasteiger partial charge in [-0.3, -0.25) is 0 Å². The average molecular weight is 818 g/mol. The van der Waals surface area contributed by atoms with E-state index in [1.807, 2.05) is 18.2 Å². The van der Waals surface area contributed by atoms with Gasteiger partial charge in [0.25, 0.3) is 0 Å². The van der Waals surface area contributed by atoms with Crippen molar-refractivity contribution in [2.24, 2.45) is 0 Å². The first-order valence-electron chi connectivity index (χ1n) is 21.9. The maximum absolute atomic E-state index is 6.62. The van der Waals surface area contributed by atoms with Crippen LogP contribution in [-0.2, 0) is 5.41 Å². The molecule has 2 aromatic heterocycles. The lowest BCUT2D eigenvalue weighted by Gasteiger charge is -2.21. The Labute approximate surface area is 370 Å². The fourth-order valence-electron chi connectivity index (χ4n) is 10.4. The third-order valence-electron chi connectivity index (χ3n) is 13.5. The highest BCUT2D eigenvalue weighted by Crippen LogP contribution is 2.50. The Morgan fingerprint density at radius 3 is 1.59 bits per heavy atom. The molecule has 0 bridgehead atoms. The van der Waals surface area contributed by atoms with Crippen molar-refractivity contribution in [2.45, 2.75) is 19.3 Å². The number of hydrogen-bond acceptors (Lipinski definition) is 4. The van der Waals surface area contributed by atoms with Crippen molar-refractivity contribution in [3.8, 4) is 67.5 Å². The van der Waals surface area contributed by atoms with E-state index in [4.69, 9.17) is 19.4 Å². The molecule has 4 nitrogen and oxygen atoms in total. The largest absolute Gasteiger partial charge is 0.456 e. The molecule has 0 aliphatic heterocycles. The maximum Gasteiger partial charge on any atom is 0.164 e. The minimum Gasteiger partial charge on any atom is -0.456 e. The number of aromatic nitrogens is 3. The SMILES string of the molecule is CC1(C)c2ccccc2-c2ccc(-c3nc(-c4ccccc4)nc(-c4ccccc4-c4cccc5oc6ccc(-c7ccc8c9ccccc9c9ccccc9c8c7)cc6c45)n3)cc21. The molecule has 64 heavy (non-hydrogen) atoms. The molecule has 0 radical (unpaired) electrons. The number of benzene rings is 10. The molecular weight excluding hydrogens is 779 g/mol. The number of furan rings is 1. The van der Waals surface area contributed by atoms with E-state index in [2.05, 4.69) is 196 Å². The van der Waals surface area contributed by atoms with Crippen molar-refractivity contribution in [1.29, 1.82) is 0 Å². The van der Waals surface area contributed by atoms with Crippen LogP contribution in [0.4, 0.5) is 0 Å². The topological polar surface area (TPSA) is 51.8 Å². The maximum atomic E-state index is 6.62. The molecule has 0 saturated carbocycles. The lowest BCUT2D eigenvalue weighted by atomic mass is 9.82. The molecule has 0 spiro atoms. The summed E-state index contributed by atoms with van der Waals surface area (Å²) < 4.78 is 6.62. The van der Waals surface area contributed by atoms with E-state index in [1.54, 1.807) is 0 Å². The van der Waals surface area contributed by atoms with Crippen LogP contribution in [-0.4, -0.2) is 15.0 Å². The van der Waals surface area contributed by atoms with Crippen molar-refractivity contribution in [1.82, 2.24) is 15.0 Å². The van der Waals surface area contributed by atoms with Crippen molar-refractivity contribution >= 4 is 54.3 Å². The van der Waals surface area contributed by atoms with Crippen molar-refractivity contribution in [3.05, 3.63) is 211 Å². The van der Waals surface area contributed by atoms with E-state index >= 15 is 0 Å². The van der Waals surface area contributed by atoms with E-state index in [0.717, 1.165) is 60.9 Å². The monoisotopic (exact) mass is 817 g/mol. The standard InChI is InChI=1S/C60H39N3O/c1-60(2)52-25-13-12-22-46(52)47-31-28-39(35-53(47)60)58-61-57(36-15-4-3-5-16-36)62-59(63-58)49-23-11-10-21-44(49)48-24-14-26-55-56(48)51-34-38(29-32-54(51)64-55)37-27-30-45-42-19-7-6-17-40(42)41-18-8-9-20-43(41)50(45)33-37/h3-35H,1-2H3. The summed E-state index contributed by atoms with van der Waals surface area (Å²) in [7, 11) is 0. The van der Waals surface area contributed by atoms with Crippen LogP contribution in [0.25, 0.3) is 122 Å². The summed E-state index contributed by atoms with van der Waals surface area (Å²) >= 11 is 0. The first-order valence-corrected chi connectivity index (χ1v) is 21.9. The molecule has 0 fully saturated rings. The zero-order valence-corrected chi connectivity index (χ0v) is 35.3. The molecule has 0 unspecified atom stereocenters. The Balaban J connectivity index is 0.975. The van der Waals surface area contributed by atoms with E-state index in [9.17, 15) is 0 Å². The van der Waals surface area contributed by atoms with E-state index < -0.39 is 0 Å². The van der Waals surface area contributed by atoms with Crippen molar-refractivity contribution in [2.75, 3.05) is 0 Å². The van der Waals surface area contributed by atoms with Gasteiger partial charge in [0.1, 0.15) is 11.2 Å². The first-order chi connectivity index (χ1) is 31.5. The fraction of sp³-hybridized carbons (Fsp3) is 0.0500. The normalized spacial score (nSPS) is 13.0. The average Bonchev–Trinajstić information content (AvgIpc) is 3.85. The Bertz CT molecular complexity index is 3850. The summed E-state index contributed by atoms with van der Waals surface area (Å²) in [5.41, 5.74) is 13.9. The van der Waals surface area contributed by atoms with E-state index in [0.29, 0.717) is 17.5 Å². The third-order valence-corrected chi connectivity index (χ3v) is 13.5. The minimum atomic E-state index is -0.157. The van der Waals surface area contributed by atoms with Crippen molar-refractivity contribution < 1.29 is 4.42 Å². The van der Waals surface area contributed by atoms with Gasteiger partial charge < -0.3 is 4.42 Å². The molecule has 2 heterocycles. The van der Waals surface area contributed by atoms with Crippen LogP contribution in [0.3, 0.4) is 0 Å². The van der Waals surface area contributed by atoms with Gasteiger partial charge in [-0.1, -0.05) is 184 Å². The molecule has 12 aromatic rings. The van der Waals surface area contributed by atoms with Gasteiger partial charge in [-0.25, -0.2) is 15.0 Å². The Morgan fingerprint density at radius 2 is 0.844 bits per heavy atom. The molecule has 0 amide bonds. The molecule has 0 atom stereocenters. The second-order valence-corrected chi connectivity index (χ2v) is 17.5. The summed E-state index contributed by atoms with van der Waals surface area (Å²) in [4.78, 5) is 15.7. The second-order valence-electron chi connectivity index (χ2n) is 17.5. The van der Waals surface area contributed by atoms with Gasteiger partial charge in [0.15, 0.2) is 17.5 Å². The summed E-state index contributed by atoms with van der Waals surface area (Å²) in [6.07, 6.45) is 0. The van der Waals surface area contributed by atoms with E-state index in [1.165, 1.54) is 54.6 Å². The number of nitrogens with zero attached hydrogens (tertiary/aromatic N) is 3.